The van der Waals surface area contributed by atoms with E-state index in [4.69, 9.17) is 9.84 Å². The van der Waals surface area contributed by atoms with Crippen LogP contribution in [0, 0.1) is 12.7 Å². The summed E-state index contributed by atoms with van der Waals surface area (Å²) in [6, 6.07) is 27.0. The van der Waals surface area contributed by atoms with Crippen LogP contribution >= 0.6 is 0 Å². The largest absolute Gasteiger partial charge is 0.494 e. The Morgan fingerprint density at radius 2 is 1.82 bits per heavy atom. The zero-order chi connectivity index (χ0) is 26.9. The third-order valence-electron chi connectivity index (χ3n) is 6.95. The SMILES string of the molecule is CCOc1cccc([C@@H]2c3cccn3-c3c(c(C)nn3-c3ccccc3)CN2C(=O)Nc2ccccc2F)c1. The summed E-state index contributed by atoms with van der Waals surface area (Å²) in [6.45, 7) is 4.68. The number of carbonyl (C=O) groups is 1. The van der Waals surface area contributed by atoms with Gasteiger partial charge in [0.05, 0.1) is 42.0 Å². The van der Waals surface area contributed by atoms with E-state index in [1.807, 2.05) is 91.5 Å². The smallest absolute Gasteiger partial charge is 0.323 e. The molecule has 0 bridgehead atoms. The molecule has 39 heavy (non-hydrogen) atoms. The van der Waals surface area contributed by atoms with E-state index in [1.165, 1.54) is 6.07 Å². The molecule has 0 fully saturated rings. The van der Waals surface area contributed by atoms with Crippen molar-refractivity contribution < 1.29 is 13.9 Å². The van der Waals surface area contributed by atoms with Crippen molar-refractivity contribution in [3.63, 3.8) is 0 Å². The normalized spacial score (nSPS) is 14.3. The number of urea groups is 1. The molecule has 0 spiro atoms. The zero-order valence-corrected chi connectivity index (χ0v) is 21.7. The average Bonchev–Trinajstić information content (AvgIpc) is 3.51. The van der Waals surface area contributed by atoms with Gasteiger partial charge in [0.25, 0.3) is 0 Å². The summed E-state index contributed by atoms with van der Waals surface area (Å²) in [6.07, 6.45) is 1.99. The number of fused-ring (bicyclic) bond motifs is 3. The highest BCUT2D eigenvalue weighted by Gasteiger charge is 2.36. The fraction of sp³-hybridized carbons (Fsp3) is 0.161. The molecular formula is C31H28FN5O2. The number of para-hydroxylation sites is 2. The number of anilines is 1. The van der Waals surface area contributed by atoms with Crippen molar-refractivity contribution in [2.75, 3.05) is 11.9 Å². The molecule has 0 unspecified atom stereocenters. The van der Waals surface area contributed by atoms with Crippen molar-refractivity contribution in [1.82, 2.24) is 19.2 Å². The number of aromatic nitrogens is 3. The number of hydrogen-bond acceptors (Lipinski definition) is 3. The molecular weight excluding hydrogens is 493 g/mol. The molecule has 1 aliphatic rings. The van der Waals surface area contributed by atoms with E-state index < -0.39 is 17.9 Å². The first kappa shape index (κ1) is 24.5. The molecule has 8 heteroatoms. The Bertz CT molecular complexity index is 1640. The van der Waals surface area contributed by atoms with E-state index in [-0.39, 0.29) is 12.2 Å². The highest BCUT2D eigenvalue weighted by atomic mass is 19.1. The molecule has 0 radical (unpaired) electrons. The van der Waals surface area contributed by atoms with Crippen LogP contribution in [0.4, 0.5) is 14.9 Å². The Kier molecular flexibility index (Phi) is 6.36. The molecule has 1 N–H and O–H groups in total. The Labute approximate surface area is 226 Å². The Balaban J connectivity index is 1.54. The molecule has 3 heterocycles. The van der Waals surface area contributed by atoms with Crippen LogP contribution in [0.3, 0.4) is 0 Å². The summed E-state index contributed by atoms with van der Waals surface area (Å²) >= 11 is 0. The monoisotopic (exact) mass is 521 g/mol. The molecule has 3 aromatic carbocycles. The number of benzene rings is 3. The quantitative estimate of drug-likeness (QED) is 0.282. The zero-order valence-electron chi connectivity index (χ0n) is 21.7. The second kappa shape index (κ2) is 10.1. The van der Waals surface area contributed by atoms with E-state index >= 15 is 0 Å². The van der Waals surface area contributed by atoms with Gasteiger partial charge < -0.3 is 19.5 Å². The van der Waals surface area contributed by atoms with Gasteiger partial charge in [0, 0.05) is 11.8 Å². The van der Waals surface area contributed by atoms with E-state index in [1.54, 1.807) is 23.1 Å². The molecule has 2 amide bonds. The third kappa shape index (κ3) is 4.44. The molecule has 196 valence electrons. The highest BCUT2D eigenvalue weighted by Crippen LogP contribution is 2.39. The molecule has 0 saturated carbocycles. The van der Waals surface area contributed by atoms with Crippen LogP contribution in [0.15, 0.2) is 97.2 Å². The summed E-state index contributed by atoms with van der Waals surface area (Å²) in [5.74, 6) is 1.09. The van der Waals surface area contributed by atoms with Gasteiger partial charge in [0.15, 0.2) is 0 Å². The predicted octanol–water partition coefficient (Wildman–Crippen LogP) is 6.65. The average molecular weight is 522 g/mol. The first-order chi connectivity index (χ1) is 19.0. The van der Waals surface area contributed by atoms with Crippen LogP contribution in [0.25, 0.3) is 11.5 Å². The van der Waals surface area contributed by atoms with Crippen molar-refractivity contribution in [1.29, 1.82) is 0 Å². The van der Waals surface area contributed by atoms with Crippen molar-refractivity contribution in [3.05, 3.63) is 126 Å². The van der Waals surface area contributed by atoms with E-state index in [0.717, 1.165) is 39.8 Å². The summed E-state index contributed by atoms with van der Waals surface area (Å²) in [4.78, 5) is 15.7. The lowest BCUT2D eigenvalue weighted by Crippen LogP contribution is -2.38. The maximum Gasteiger partial charge on any atom is 0.323 e. The molecule has 0 aliphatic carbocycles. The van der Waals surface area contributed by atoms with Gasteiger partial charge in [-0.05, 0) is 67.9 Å². The minimum Gasteiger partial charge on any atom is -0.494 e. The number of nitrogens with one attached hydrogen (secondary N) is 1. The van der Waals surface area contributed by atoms with Gasteiger partial charge in [0.2, 0.25) is 0 Å². The number of hydrogen-bond donors (Lipinski definition) is 1. The number of nitrogens with zero attached hydrogens (tertiary/aromatic N) is 4. The van der Waals surface area contributed by atoms with Crippen LogP contribution in [0.5, 0.6) is 5.75 Å². The first-order valence-electron chi connectivity index (χ1n) is 12.9. The number of carbonyl (C=O) groups excluding carboxylic acids is 1. The lowest BCUT2D eigenvalue weighted by Gasteiger charge is -2.31. The Morgan fingerprint density at radius 3 is 2.62 bits per heavy atom. The van der Waals surface area contributed by atoms with Gasteiger partial charge in [-0.3, -0.25) is 0 Å². The van der Waals surface area contributed by atoms with Gasteiger partial charge in [-0.15, -0.1) is 0 Å². The Morgan fingerprint density at radius 1 is 1.03 bits per heavy atom. The summed E-state index contributed by atoms with van der Waals surface area (Å²) in [5, 5.41) is 7.67. The van der Waals surface area contributed by atoms with Crippen molar-refractivity contribution in [2.45, 2.75) is 26.4 Å². The summed E-state index contributed by atoms with van der Waals surface area (Å²) in [7, 11) is 0. The topological polar surface area (TPSA) is 64.3 Å². The van der Waals surface area contributed by atoms with Crippen LogP contribution in [0.2, 0.25) is 0 Å². The fourth-order valence-corrected chi connectivity index (χ4v) is 5.19. The van der Waals surface area contributed by atoms with Crippen molar-refractivity contribution >= 4 is 11.7 Å². The maximum absolute atomic E-state index is 14.6. The van der Waals surface area contributed by atoms with Crippen LogP contribution in [-0.4, -0.2) is 31.9 Å². The molecule has 2 aromatic heterocycles. The van der Waals surface area contributed by atoms with Crippen LogP contribution < -0.4 is 10.1 Å². The molecule has 1 atom stereocenters. The lowest BCUT2D eigenvalue weighted by atomic mass is 10.0. The minimum atomic E-state index is -0.493. The molecule has 1 aliphatic heterocycles. The summed E-state index contributed by atoms with van der Waals surface area (Å²) in [5.41, 5.74) is 4.51. The maximum atomic E-state index is 14.6. The molecule has 5 aromatic rings. The minimum absolute atomic E-state index is 0.126. The van der Waals surface area contributed by atoms with Crippen molar-refractivity contribution in [2.24, 2.45) is 0 Å². The number of rotatable bonds is 5. The van der Waals surface area contributed by atoms with Crippen LogP contribution in [0.1, 0.15) is 35.5 Å². The lowest BCUT2D eigenvalue weighted by molar-refractivity contribution is 0.194. The highest BCUT2D eigenvalue weighted by molar-refractivity contribution is 5.90. The van der Waals surface area contributed by atoms with Crippen LogP contribution in [-0.2, 0) is 6.54 Å². The second-order valence-corrected chi connectivity index (χ2v) is 9.38. The third-order valence-corrected chi connectivity index (χ3v) is 6.95. The van der Waals surface area contributed by atoms with Crippen molar-refractivity contribution in [3.8, 4) is 17.3 Å². The van der Waals surface area contributed by atoms with E-state index in [2.05, 4.69) is 9.88 Å². The number of halogens is 1. The van der Waals surface area contributed by atoms with Gasteiger partial charge in [-0.2, -0.15) is 5.10 Å². The standard InChI is InChI=1S/C31H28FN5O2/c1-3-39-24-14-9-11-22(19-24)29-28-17-10-18-35(28)30-25(21(2)34-37(30)23-12-5-4-6-13-23)20-36(29)31(38)33-27-16-8-7-15-26(27)32/h4-19,29H,3,20H2,1-2H3,(H,33,38)/t29-/m1/s1. The van der Waals surface area contributed by atoms with Gasteiger partial charge in [0.1, 0.15) is 17.4 Å². The van der Waals surface area contributed by atoms with Gasteiger partial charge in [-0.25, -0.2) is 13.9 Å². The fourth-order valence-electron chi connectivity index (χ4n) is 5.19. The van der Waals surface area contributed by atoms with Gasteiger partial charge in [-0.1, -0.05) is 42.5 Å². The Hall–Kier alpha value is -4.85. The number of amides is 2. The molecule has 0 saturated heterocycles. The molecule has 7 nitrogen and oxygen atoms in total. The first-order valence-corrected chi connectivity index (χ1v) is 12.9. The number of ether oxygens (including phenoxy) is 1. The predicted molar refractivity (Wildman–Crippen MR) is 148 cm³/mol. The van der Waals surface area contributed by atoms with E-state index in [9.17, 15) is 9.18 Å². The number of aryl methyl sites for hydroxylation is 1. The summed E-state index contributed by atoms with van der Waals surface area (Å²) < 4.78 is 24.4. The van der Waals surface area contributed by atoms with Gasteiger partial charge >= 0.3 is 6.03 Å². The molecule has 6 rings (SSSR count). The van der Waals surface area contributed by atoms with E-state index in [0.29, 0.717) is 6.61 Å². The second-order valence-electron chi connectivity index (χ2n) is 9.38.